The lowest BCUT2D eigenvalue weighted by Crippen LogP contribution is -2.33. The molecule has 1 saturated heterocycles. The van der Waals surface area contributed by atoms with Crippen molar-refractivity contribution in [3.05, 3.63) is 53.6 Å². The fourth-order valence-electron chi connectivity index (χ4n) is 3.47. The first-order valence-electron chi connectivity index (χ1n) is 8.80. The summed E-state index contributed by atoms with van der Waals surface area (Å²) < 4.78 is 11.1. The molecule has 3 heterocycles. The summed E-state index contributed by atoms with van der Waals surface area (Å²) in [5.41, 5.74) is 2.19. The van der Waals surface area contributed by atoms with Crippen LogP contribution in [0.3, 0.4) is 0 Å². The number of amides is 1. The van der Waals surface area contributed by atoms with Crippen LogP contribution >= 0.6 is 0 Å². The number of H-pyrrole nitrogens is 1. The average molecular weight is 367 g/mol. The largest absolute Gasteiger partial charge is 0.443 e. The van der Waals surface area contributed by atoms with Gasteiger partial charge in [0.2, 0.25) is 0 Å². The first kappa shape index (κ1) is 17.4. The predicted octanol–water partition coefficient (Wildman–Crippen LogP) is 2.68. The summed E-state index contributed by atoms with van der Waals surface area (Å²) in [6.07, 6.45) is 1.87. The molecule has 3 aromatic rings. The number of aromatic nitrogens is 4. The van der Waals surface area contributed by atoms with Crippen molar-refractivity contribution >= 4 is 5.91 Å². The zero-order chi connectivity index (χ0) is 19.0. The fraction of sp³-hybridized carbons (Fsp3) is 0.368. The molecule has 27 heavy (non-hydrogen) atoms. The van der Waals surface area contributed by atoms with E-state index in [0.29, 0.717) is 30.4 Å². The number of likely N-dealkylation sites (tertiary alicyclic amines) is 1. The van der Waals surface area contributed by atoms with Crippen molar-refractivity contribution in [3.8, 4) is 11.3 Å². The molecule has 0 aliphatic carbocycles. The molecule has 1 aliphatic heterocycles. The van der Waals surface area contributed by atoms with Crippen LogP contribution in [0.2, 0.25) is 0 Å². The van der Waals surface area contributed by atoms with Gasteiger partial charge in [0.1, 0.15) is 5.82 Å². The van der Waals surface area contributed by atoms with E-state index in [0.717, 1.165) is 11.1 Å². The van der Waals surface area contributed by atoms with E-state index in [-0.39, 0.29) is 23.7 Å². The Kier molecular flexibility index (Phi) is 4.49. The second-order valence-electron chi connectivity index (χ2n) is 6.75. The quantitative estimate of drug-likeness (QED) is 0.761. The lowest BCUT2D eigenvalue weighted by molar-refractivity contribution is 0.0679. The van der Waals surface area contributed by atoms with E-state index in [1.807, 2.05) is 38.1 Å². The minimum Gasteiger partial charge on any atom is -0.443 e. The molecule has 140 valence electrons. The number of methoxy groups -OCH3 is 1. The number of aryl methyl sites for hydroxylation is 2. The lowest BCUT2D eigenvalue weighted by atomic mass is 10.1. The van der Waals surface area contributed by atoms with Gasteiger partial charge in [-0.2, -0.15) is 5.10 Å². The minimum absolute atomic E-state index is 0.0768. The summed E-state index contributed by atoms with van der Waals surface area (Å²) in [6, 6.07) is 7.52. The SMILES string of the molecule is CO[C@H]1C[C@@H](c2n[nH]c(C)n2)N(C(=O)c2ncoc2-c2cccc(C)c2)C1. The predicted molar refractivity (Wildman–Crippen MR) is 97.0 cm³/mol. The van der Waals surface area contributed by atoms with Crippen LogP contribution in [-0.4, -0.2) is 50.7 Å². The number of nitrogens with one attached hydrogen (secondary N) is 1. The van der Waals surface area contributed by atoms with Crippen molar-refractivity contribution in [1.82, 2.24) is 25.1 Å². The maximum absolute atomic E-state index is 13.3. The van der Waals surface area contributed by atoms with Gasteiger partial charge in [0.25, 0.3) is 5.91 Å². The smallest absolute Gasteiger partial charge is 0.277 e. The van der Waals surface area contributed by atoms with Gasteiger partial charge in [-0.1, -0.05) is 23.8 Å². The van der Waals surface area contributed by atoms with Crippen molar-refractivity contribution in [1.29, 1.82) is 0 Å². The number of rotatable bonds is 4. The molecule has 1 fully saturated rings. The fourth-order valence-corrected chi connectivity index (χ4v) is 3.47. The third kappa shape index (κ3) is 3.23. The Morgan fingerprint density at radius 1 is 1.37 bits per heavy atom. The van der Waals surface area contributed by atoms with E-state index in [9.17, 15) is 4.79 Å². The van der Waals surface area contributed by atoms with E-state index in [2.05, 4.69) is 20.2 Å². The van der Waals surface area contributed by atoms with Crippen LogP contribution < -0.4 is 0 Å². The van der Waals surface area contributed by atoms with Crippen LogP contribution in [0.1, 0.15) is 40.2 Å². The first-order valence-corrected chi connectivity index (χ1v) is 8.80. The second-order valence-corrected chi connectivity index (χ2v) is 6.75. The number of hydrogen-bond acceptors (Lipinski definition) is 6. The molecule has 8 nitrogen and oxygen atoms in total. The summed E-state index contributed by atoms with van der Waals surface area (Å²) in [6.45, 7) is 4.28. The van der Waals surface area contributed by atoms with Crippen LogP contribution in [-0.2, 0) is 4.74 Å². The van der Waals surface area contributed by atoms with E-state index < -0.39 is 0 Å². The number of benzene rings is 1. The van der Waals surface area contributed by atoms with Gasteiger partial charge in [-0.25, -0.2) is 9.97 Å². The van der Waals surface area contributed by atoms with Crippen molar-refractivity contribution in [2.24, 2.45) is 0 Å². The molecule has 1 N–H and O–H groups in total. The van der Waals surface area contributed by atoms with E-state index in [1.165, 1.54) is 6.39 Å². The summed E-state index contributed by atoms with van der Waals surface area (Å²) in [7, 11) is 1.65. The number of carbonyl (C=O) groups excluding carboxylic acids is 1. The van der Waals surface area contributed by atoms with E-state index >= 15 is 0 Å². The highest BCUT2D eigenvalue weighted by Gasteiger charge is 2.40. The maximum Gasteiger partial charge on any atom is 0.277 e. The summed E-state index contributed by atoms with van der Waals surface area (Å²) in [4.78, 5) is 23.6. The van der Waals surface area contributed by atoms with Gasteiger partial charge in [0, 0.05) is 25.6 Å². The second kappa shape index (κ2) is 6.96. The van der Waals surface area contributed by atoms with Gasteiger partial charge in [0.15, 0.2) is 23.7 Å². The molecule has 0 bridgehead atoms. The van der Waals surface area contributed by atoms with E-state index in [4.69, 9.17) is 9.15 Å². The zero-order valence-corrected chi connectivity index (χ0v) is 15.5. The molecule has 8 heteroatoms. The highest BCUT2D eigenvalue weighted by Crippen LogP contribution is 2.34. The molecule has 1 aliphatic rings. The number of ether oxygens (including phenoxy) is 1. The average Bonchev–Trinajstić information content (AvgIpc) is 3.39. The molecule has 2 aromatic heterocycles. The van der Waals surface area contributed by atoms with Gasteiger partial charge < -0.3 is 14.1 Å². The molecular weight excluding hydrogens is 346 g/mol. The van der Waals surface area contributed by atoms with Crippen LogP contribution in [0.5, 0.6) is 0 Å². The molecule has 0 spiro atoms. The number of aromatic amines is 1. The molecular formula is C19H21N5O3. The standard InChI is InChI=1S/C19H21N5O3/c1-11-5-4-6-13(7-11)17-16(20-10-27-17)19(25)24-9-14(26-3)8-15(24)18-21-12(2)22-23-18/h4-7,10,14-15H,8-9H2,1-3H3,(H,21,22,23)/t14-,15-/m0/s1. The highest BCUT2D eigenvalue weighted by atomic mass is 16.5. The van der Waals surface area contributed by atoms with Crippen molar-refractivity contribution in [2.45, 2.75) is 32.4 Å². The van der Waals surface area contributed by atoms with Crippen LogP contribution in [0.15, 0.2) is 35.1 Å². The van der Waals surface area contributed by atoms with Gasteiger partial charge in [0.05, 0.1) is 12.1 Å². The van der Waals surface area contributed by atoms with Crippen molar-refractivity contribution in [3.63, 3.8) is 0 Å². The summed E-state index contributed by atoms with van der Waals surface area (Å²) in [5.74, 6) is 1.54. The summed E-state index contributed by atoms with van der Waals surface area (Å²) in [5, 5.41) is 7.09. The monoisotopic (exact) mass is 367 g/mol. The Labute approximate surface area is 156 Å². The molecule has 4 rings (SSSR count). The van der Waals surface area contributed by atoms with Crippen LogP contribution in [0.25, 0.3) is 11.3 Å². The number of oxazole rings is 1. The third-order valence-corrected chi connectivity index (χ3v) is 4.82. The molecule has 1 amide bonds. The van der Waals surface area contributed by atoms with Crippen LogP contribution in [0.4, 0.5) is 0 Å². The van der Waals surface area contributed by atoms with Gasteiger partial charge >= 0.3 is 0 Å². The number of carbonyl (C=O) groups is 1. The number of hydrogen-bond donors (Lipinski definition) is 1. The molecule has 2 atom stereocenters. The molecule has 0 radical (unpaired) electrons. The Bertz CT molecular complexity index is 964. The van der Waals surface area contributed by atoms with Crippen molar-refractivity contribution in [2.75, 3.05) is 13.7 Å². The highest BCUT2D eigenvalue weighted by molar-refractivity contribution is 5.98. The Morgan fingerprint density at radius 2 is 2.22 bits per heavy atom. The topological polar surface area (TPSA) is 97.1 Å². The van der Waals surface area contributed by atoms with E-state index in [1.54, 1.807) is 12.0 Å². The number of nitrogens with zero attached hydrogens (tertiary/aromatic N) is 4. The maximum atomic E-state index is 13.3. The molecule has 1 aromatic carbocycles. The Hall–Kier alpha value is -3.00. The third-order valence-electron chi connectivity index (χ3n) is 4.82. The first-order chi connectivity index (χ1) is 13.1. The lowest BCUT2D eigenvalue weighted by Gasteiger charge is -2.21. The molecule has 0 unspecified atom stereocenters. The molecule has 0 saturated carbocycles. The van der Waals surface area contributed by atoms with Crippen LogP contribution in [0, 0.1) is 13.8 Å². The van der Waals surface area contributed by atoms with Gasteiger partial charge in [-0.05, 0) is 19.9 Å². The Balaban J connectivity index is 1.68. The normalized spacial score (nSPS) is 19.6. The Morgan fingerprint density at radius 3 is 2.93 bits per heavy atom. The van der Waals surface area contributed by atoms with Gasteiger partial charge in [-0.15, -0.1) is 0 Å². The summed E-state index contributed by atoms with van der Waals surface area (Å²) >= 11 is 0. The van der Waals surface area contributed by atoms with Gasteiger partial charge in [-0.3, -0.25) is 9.89 Å². The minimum atomic E-state index is -0.269. The zero-order valence-electron chi connectivity index (χ0n) is 15.5. The van der Waals surface area contributed by atoms with Crippen molar-refractivity contribution < 1.29 is 13.9 Å².